The van der Waals surface area contributed by atoms with Crippen LogP contribution in [0.4, 0.5) is 0 Å². The molecule has 110 valence electrons. The summed E-state index contributed by atoms with van der Waals surface area (Å²) in [6.45, 7) is 3.54. The first-order valence-electron chi connectivity index (χ1n) is 5.32. The standard InChI is InChI=1S/C9H16N2O5S3/c1-7(2)6-19(14,15)11-9(17-3)5-8(10-11)16-18(4,12)13/h5,7H,6H2,1-4H3. The van der Waals surface area contributed by atoms with Crippen molar-refractivity contribution in [2.45, 2.75) is 18.9 Å². The average Bonchev–Trinajstić information content (AvgIpc) is 2.56. The largest absolute Gasteiger partial charge is 0.360 e. The molecule has 1 aromatic heterocycles. The van der Waals surface area contributed by atoms with Gasteiger partial charge >= 0.3 is 10.1 Å². The minimum Gasteiger partial charge on any atom is -0.360 e. The zero-order valence-electron chi connectivity index (χ0n) is 11.0. The minimum atomic E-state index is -3.74. The molecular weight excluding hydrogens is 312 g/mol. The van der Waals surface area contributed by atoms with E-state index >= 15 is 0 Å². The number of hydrogen-bond donors (Lipinski definition) is 0. The van der Waals surface area contributed by atoms with Crippen molar-refractivity contribution in [3.8, 4) is 5.88 Å². The van der Waals surface area contributed by atoms with Crippen LogP contribution in [-0.4, -0.2) is 44.3 Å². The molecular formula is C9H16N2O5S3. The number of aromatic nitrogens is 2. The third-order valence-corrected chi connectivity index (χ3v) is 5.07. The second kappa shape index (κ2) is 5.71. The summed E-state index contributed by atoms with van der Waals surface area (Å²) < 4.78 is 51.6. The van der Waals surface area contributed by atoms with Crippen molar-refractivity contribution in [3.05, 3.63) is 6.07 Å². The number of hydrogen-bond acceptors (Lipinski definition) is 7. The second-order valence-corrected chi connectivity index (χ2v) is 8.57. The Kier molecular flexibility index (Phi) is 4.91. The molecule has 0 amide bonds. The zero-order valence-corrected chi connectivity index (χ0v) is 13.5. The molecule has 0 fully saturated rings. The van der Waals surface area contributed by atoms with Gasteiger partial charge in [0.2, 0.25) is 0 Å². The quantitative estimate of drug-likeness (QED) is 0.562. The van der Waals surface area contributed by atoms with E-state index in [0.29, 0.717) is 5.03 Å². The van der Waals surface area contributed by atoms with E-state index < -0.39 is 20.1 Å². The lowest BCUT2D eigenvalue weighted by Crippen LogP contribution is -2.22. The fraction of sp³-hybridized carbons (Fsp3) is 0.667. The normalized spacial score (nSPS) is 12.9. The fourth-order valence-electron chi connectivity index (χ4n) is 1.35. The first kappa shape index (κ1) is 16.3. The summed E-state index contributed by atoms with van der Waals surface area (Å²) >= 11 is 1.14. The summed E-state index contributed by atoms with van der Waals surface area (Å²) in [6, 6.07) is 1.28. The molecule has 0 saturated carbocycles. The first-order chi connectivity index (χ1) is 8.55. The molecule has 0 N–H and O–H groups in total. The SMILES string of the molecule is CSc1cc(OS(C)(=O)=O)nn1S(=O)(=O)CC(C)C. The van der Waals surface area contributed by atoms with Gasteiger partial charge in [-0.2, -0.15) is 8.42 Å². The van der Waals surface area contributed by atoms with E-state index in [0.717, 1.165) is 22.1 Å². The average molecular weight is 328 g/mol. The maximum Gasteiger partial charge on any atom is 0.307 e. The summed E-state index contributed by atoms with van der Waals surface area (Å²) in [5.41, 5.74) is 0. The molecule has 0 spiro atoms. The Morgan fingerprint density at radius 1 is 1.37 bits per heavy atom. The lowest BCUT2D eigenvalue weighted by atomic mass is 10.3. The molecule has 7 nitrogen and oxygen atoms in total. The molecule has 0 unspecified atom stereocenters. The molecule has 10 heteroatoms. The summed E-state index contributed by atoms with van der Waals surface area (Å²) in [5, 5.41) is 4.00. The van der Waals surface area contributed by atoms with E-state index in [1.54, 1.807) is 20.1 Å². The van der Waals surface area contributed by atoms with Crippen LogP contribution in [0.25, 0.3) is 0 Å². The van der Waals surface area contributed by atoms with Gasteiger partial charge in [-0.3, -0.25) is 0 Å². The van der Waals surface area contributed by atoms with Crippen LogP contribution in [0, 0.1) is 5.92 Å². The molecule has 1 rings (SSSR count). The van der Waals surface area contributed by atoms with Crippen molar-refractivity contribution in [2.75, 3.05) is 18.3 Å². The molecule has 0 bridgehead atoms. The van der Waals surface area contributed by atoms with E-state index in [9.17, 15) is 16.8 Å². The molecule has 1 aromatic rings. The second-order valence-electron chi connectivity index (χ2n) is 4.33. The maximum atomic E-state index is 12.1. The highest BCUT2D eigenvalue weighted by Crippen LogP contribution is 2.24. The van der Waals surface area contributed by atoms with E-state index in [2.05, 4.69) is 9.28 Å². The first-order valence-corrected chi connectivity index (χ1v) is 9.97. The van der Waals surface area contributed by atoms with Crippen LogP contribution in [0.15, 0.2) is 11.1 Å². The molecule has 0 saturated heterocycles. The van der Waals surface area contributed by atoms with Gasteiger partial charge in [-0.05, 0) is 12.2 Å². The lowest BCUT2D eigenvalue weighted by molar-refractivity contribution is 0.478. The highest BCUT2D eigenvalue weighted by atomic mass is 32.2. The molecule has 19 heavy (non-hydrogen) atoms. The minimum absolute atomic E-state index is 0.0665. The van der Waals surface area contributed by atoms with Crippen molar-refractivity contribution in [1.82, 2.24) is 9.19 Å². The number of thioether (sulfide) groups is 1. The van der Waals surface area contributed by atoms with Gasteiger partial charge in [0, 0.05) is 6.07 Å². The maximum absolute atomic E-state index is 12.1. The van der Waals surface area contributed by atoms with Gasteiger partial charge < -0.3 is 4.18 Å². The van der Waals surface area contributed by atoms with Crippen molar-refractivity contribution >= 4 is 31.9 Å². The molecule has 0 atom stereocenters. The van der Waals surface area contributed by atoms with E-state index in [1.165, 1.54) is 6.07 Å². The Hall–Kier alpha value is -0.740. The molecule has 0 aliphatic carbocycles. The molecule has 0 radical (unpaired) electrons. The molecule has 0 aliphatic heterocycles. The van der Waals surface area contributed by atoms with Gasteiger partial charge in [0.1, 0.15) is 5.03 Å². The van der Waals surface area contributed by atoms with Gasteiger partial charge in [-0.15, -0.1) is 20.9 Å². The van der Waals surface area contributed by atoms with Crippen LogP contribution < -0.4 is 4.18 Å². The van der Waals surface area contributed by atoms with Crippen LogP contribution in [0.3, 0.4) is 0 Å². The predicted molar refractivity (Wildman–Crippen MR) is 73.5 cm³/mol. The third kappa shape index (κ3) is 4.69. The van der Waals surface area contributed by atoms with Crippen molar-refractivity contribution in [2.24, 2.45) is 5.92 Å². The third-order valence-electron chi connectivity index (χ3n) is 1.88. The Labute approximate surface area is 117 Å². The van der Waals surface area contributed by atoms with Crippen LogP contribution in [0.5, 0.6) is 5.88 Å². The summed E-state index contributed by atoms with van der Waals surface area (Å²) in [6.07, 6.45) is 2.54. The van der Waals surface area contributed by atoms with E-state index in [-0.39, 0.29) is 17.6 Å². The summed E-state index contributed by atoms with van der Waals surface area (Å²) in [4.78, 5) is 0. The fourth-order valence-corrected chi connectivity index (χ4v) is 4.24. The van der Waals surface area contributed by atoms with Crippen LogP contribution >= 0.6 is 11.8 Å². The van der Waals surface area contributed by atoms with Gasteiger partial charge in [-0.25, -0.2) is 8.42 Å². The van der Waals surface area contributed by atoms with Crippen LogP contribution in [0.1, 0.15) is 13.8 Å². The van der Waals surface area contributed by atoms with Gasteiger partial charge in [0.05, 0.1) is 12.0 Å². The number of nitrogens with zero attached hydrogens (tertiary/aromatic N) is 2. The smallest absolute Gasteiger partial charge is 0.307 e. The van der Waals surface area contributed by atoms with E-state index in [4.69, 9.17) is 0 Å². The molecule has 1 heterocycles. The summed E-state index contributed by atoms with van der Waals surface area (Å²) in [7, 11) is -7.36. The monoisotopic (exact) mass is 328 g/mol. The van der Waals surface area contributed by atoms with E-state index in [1.807, 2.05) is 0 Å². The Balaban J connectivity index is 3.21. The highest BCUT2D eigenvalue weighted by molar-refractivity contribution is 7.99. The van der Waals surface area contributed by atoms with Crippen LogP contribution in [0.2, 0.25) is 0 Å². The summed E-state index contributed by atoms with van der Waals surface area (Å²) in [5.74, 6) is -0.400. The zero-order chi connectivity index (χ0) is 14.8. The topological polar surface area (TPSA) is 95.3 Å². The van der Waals surface area contributed by atoms with Gasteiger partial charge in [0.15, 0.2) is 0 Å². The van der Waals surface area contributed by atoms with Gasteiger partial charge in [0.25, 0.3) is 15.9 Å². The Morgan fingerprint density at radius 3 is 2.37 bits per heavy atom. The molecule has 0 aromatic carbocycles. The van der Waals surface area contributed by atoms with Crippen molar-refractivity contribution in [1.29, 1.82) is 0 Å². The number of rotatable bonds is 6. The van der Waals surface area contributed by atoms with Crippen molar-refractivity contribution < 1.29 is 21.0 Å². The van der Waals surface area contributed by atoms with Gasteiger partial charge in [-0.1, -0.05) is 13.8 Å². The lowest BCUT2D eigenvalue weighted by Gasteiger charge is -2.08. The van der Waals surface area contributed by atoms with Crippen LogP contribution in [-0.2, 0) is 20.1 Å². The van der Waals surface area contributed by atoms with Crippen molar-refractivity contribution in [3.63, 3.8) is 0 Å². The molecule has 0 aliphatic rings. The Morgan fingerprint density at radius 2 is 1.95 bits per heavy atom. The Bertz CT molecular complexity index is 645. The highest BCUT2D eigenvalue weighted by Gasteiger charge is 2.23. The predicted octanol–water partition coefficient (Wildman–Crippen LogP) is 0.777.